The molecular formula is C14H9BrN2O5. The summed E-state index contributed by atoms with van der Waals surface area (Å²) in [5.41, 5.74) is -1.11. The summed E-state index contributed by atoms with van der Waals surface area (Å²) < 4.78 is 0.725. The van der Waals surface area contributed by atoms with Crippen molar-refractivity contribution in [1.29, 1.82) is 0 Å². The second kappa shape index (κ2) is 6.35. The Bertz CT molecular complexity index is 776. The highest BCUT2D eigenvalue weighted by Gasteiger charge is 2.26. The Labute approximate surface area is 132 Å². The van der Waals surface area contributed by atoms with Gasteiger partial charge in [-0.3, -0.25) is 14.9 Å². The van der Waals surface area contributed by atoms with Crippen molar-refractivity contribution in [2.75, 3.05) is 5.32 Å². The molecule has 22 heavy (non-hydrogen) atoms. The minimum Gasteiger partial charge on any atom is -0.477 e. The van der Waals surface area contributed by atoms with Crippen LogP contribution in [-0.2, 0) is 0 Å². The van der Waals surface area contributed by atoms with Gasteiger partial charge in [0.05, 0.1) is 10.5 Å². The van der Waals surface area contributed by atoms with Gasteiger partial charge in [-0.25, -0.2) is 4.79 Å². The number of nitrogens with one attached hydrogen (secondary N) is 1. The van der Waals surface area contributed by atoms with E-state index in [2.05, 4.69) is 21.2 Å². The van der Waals surface area contributed by atoms with Crippen molar-refractivity contribution < 1.29 is 19.6 Å². The summed E-state index contributed by atoms with van der Waals surface area (Å²) in [5.74, 6) is -2.27. The number of nitro groups is 1. The zero-order valence-electron chi connectivity index (χ0n) is 10.9. The first-order chi connectivity index (χ1) is 10.4. The number of aromatic carboxylic acids is 1. The molecule has 0 spiro atoms. The van der Waals surface area contributed by atoms with Gasteiger partial charge in [-0.1, -0.05) is 28.1 Å². The monoisotopic (exact) mass is 364 g/mol. The molecule has 0 aliphatic heterocycles. The number of nitro benzene ring substituents is 1. The molecule has 0 atom stereocenters. The van der Waals surface area contributed by atoms with Crippen LogP contribution in [0.25, 0.3) is 0 Å². The second-order valence-corrected chi connectivity index (χ2v) is 5.14. The summed E-state index contributed by atoms with van der Waals surface area (Å²) in [6, 6.07) is 10.2. The van der Waals surface area contributed by atoms with Crippen molar-refractivity contribution in [3.63, 3.8) is 0 Å². The number of halogens is 1. The zero-order valence-corrected chi connectivity index (χ0v) is 12.5. The predicted octanol–water partition coefficient (Wildman–Crippen LogP) is 3.31. The molecular weight excluding hydrogens is 356 g/mol. The standard InChI is InChI=1S/C14H9BrN2O5/c15-8-3-1-4-9(7-8)16-13(18)10-5-2-6-11(17(21)22)12(10)14(19)20/h1-7H,(H,16,18)(H,19,20). The van der Waals surface area contributed by atoms with Gasteiger partial charge in [-0.05, 0) is 24.3 Å². The van der Waals surface area contributed by atoms with Crippen molar-refractivity contribution >= 4 is 39.2 Å². The van der Waals surface area contributed by atoms with Crippen LogP contribution in [-0.4, -0.2) is 21.9 Å². The second-order valence-electron chi connectivity index (χ2n) is 4.23. The molecule has 0 aliphatic rings. The van der Waals surface area contributed by atoms with E-state index in [1.165, 1.54) is 12.1 Å². The van der Waals surface area contributed by atoms with E-state index < -0.39 is 28.1 Å². The summed E-state index contributed by atoms with van der Waals surface area (Å²) in [4.78, 5) is 33.6. The number of anilines is 1. The molecule has 2 aromatic carbocycles. The van der Waals surface area contributed by atoms with E-state index in [1.807, 2.05) is 0 Å². The number of amides is 1. The molecule has 0 fully saturated rings. The third-order valence-corrected chi connectivity index (χ3v) is 3.27. The predicted molar refractivity (Wildman–Crippen MR) is 82.2 cm³/mol. The van der Waals surface area contributed by atoms with Gasteiger partial charge in [-0.15, -0.1) is 0 Å². The Morgan fingerprint density at radius 2 is 1.86 bits per heavy atom. The molecule has 2 rings (SSSR count). The molecule has 0 saturated heterocycles. The highest BCUT2D eigenvalue weighted by Crippen LogP contribution is 2.24. The lowest BCUT2D eigenvalue weighted by molar-refractivity contribution is -0.385. The number of hydrogen-bond acceptors (Lipinski definition) is 4. The highest BCUT2D eigenvalue weighted by molar-refractivity contribution is 9.10. The van der Waals surface area contributed by atoms with Gasteiger partial charge in [0, 0.05) is 16.2 Å². The van der Waals surface area contributed by atoms with Crippen molar-refractivity contribution in [3.05, 3.63) is 68.2 Å². The molecule has 0 heterocycles. The Balaban J connectivity index is 2.43. The lowest BCUT2D eigenvalue weighted by atomic mass is 10.0. The van der Waals surface area contributed by atoms with Crippen molar-refractivity contribution in [3.8, 4) is 0 Å². The average Bonchev–Trinajstić information content (AvgIpc) is 2.46. The molecule has 0 unspecified atom stereocenters. The lowest BCUT2D eigenvalue weighted by Gasteiger charge is -2.08. The van der Waals surface area contributed by atoms with E-state index in [4.69, 9.17) is 5.11 Å². The largest absolute Gasteiger partial charge is 0.477 e. The molecule has 112 valence electrons. The van der Waals surface area contributed by atoms with Gasteiger partial charge in [0.1, 0.15) is 5.56 Å². The van der Waals surface area contributed by atoms with Crippen LogP contribution in [0.2, 0.25) is 0 Å². The summed E-state index contributed by atoms with van der Waals surface area (Å²) in [6.45, 7) is 0. The van der Waals surface area contributed by atoms with Gasteiger partial charge in [-0.2, -0.15) is 0 Å². The van der Waals surface area contributed by atoms with Crippen LogP contribution >= 0.6 is 15.9 Å². The van der Waals surface area contributed by atoms with Crippen molar-refractivity contribution in [2.45, 2.75) is 0 Å². The third kappa shape index (κ3) is 3.29. The number of carbonyl (C=O) groups excluding carboxylic acids is 1. The normalized spacial score (nSPS) is 10.0. The first-order valence-corrected chi connectivity index (χ1v) is 6.77. The number of rotatable bonds is 4. The number of nitrogens with zero attached hydrogens (tertiary/aromatic N) is 1. The number of hydrogen-bond donors (Lipinski definition) is 2. The van der Waals surface area contributed by atoms with Crippen LogP contribution in [0, 0.1) is 10.1 Å². The molecule has 2 N–H and O–H groups in total. The molecule has 0 saturated carbocycles. The fourth-order valence-electron chi connectivity index (χ4n) is 1.87. The Morgan fingerprint density at radius 3 is 2.45 bits per heavy atom. The topological polar surface area (TPSA) is 110 Å². The Kier molecular flexibility index (Phi) is 4.52. The van der Waals surface area contributed by atoms with E-state index in [0.29, 0.717) is 5.69 Å². The number of carbonyl (C=O) groups is 2. The van der Waals surface area contributed by atoms with E-state index >= 15 is 0 Å². The molecule has 0 bridgehead atoms. The number of carboxylic acid groups (broad SMARTS) is 1. The summed E-state index contributed by atoms with van der Waals surface area (Å²) in [7, 11) is 0. The minimum atomic E-state index is -1.54. The maximum atomic E-state index is 12.2. The third-order valence-electron chi connectivity index (χ3n) is 2.78. The van der Waals surface area contributed by atoms with Crippen LogP contribution < -0.4 is 5.32 Å². The molecule has 0 aliphatic carbocycles. The molecule has 0 aromatic heterocycles. The van der Waals surface area contributed by atoms with Gasteiger partial charge < -0.3 is 10.4 Å². The molecule has 8 heteroatoms. The van der Waals surface area contributed by atoms with E-state index in [9.17, 15) is 19.7 Å². The van der Waals surface area contributed by atoms with Crippen LogP contribution in [0.3, 0.4) is 0 Å². The fraction of sp³-hybridized carbons (Fsp3) is 0. The Hall–Kier alpha value is -2.74. The number of benzene rings is 2. The lowest BCUT2D eigenvalue weighted by Crippen LogP contribution is -2.17. The molecule has 2 aromatic rings. The van der Waals surface area contributed by atoms with E-state index in [1.54, 1.807) is 24.3 Å². The summed E-state index contributed by atoms with van der Waals surface area (Å²) in [5, 5.41) is 22.6. The molecule has 0 radical (unpaired) electrons. The molecule has 1 amide bonds. The maximum absolute atomic E-state index is 12.2. The van der Waals surface area contributed by atoms with Crippen LogP contribution in [0.5, 0.6) is 0 Å². The van der Waals surface area contributed by atoms with E-state index in [0.717, 1.165) is 10.5 Å². The van der Waals surface area contributed by atoms with Gasteiger partial charge in [0.25, 0.3) is 11.6 Å². The molecule has 7 nitrogen and oxygen atoms in total. The van der Waals surface area contributed by atoms with Crippen LogP contribution in [0.4, 0.5) is 11.4 Å². The zero-order chi connectivity index (χ0) is 16.3. The fourth-order valence-corrected chi connectivity index (χ4v) is 2.27. The van der Waals surface area contributed by atoms with Crippen LogP contribution in [0.1, 0.15) is 20.7 Å². The minimum absolute atomic E-state index is 0.276. The van der Waals surface area contributed by atoms with E-state index in [-0.39, 0.29) is 5.56 Å². The van der Waals surface area contributed by atoms with Gasteiger partial charge in [0.2, 0.25) is 0 Å². The summed E-state index contributed by atoms with van der Waals surface area (Å²) >= 11 is 3.24. The van der Waals surface area contributed by atoms with Crippen molar-refractivity contribution in [2.24, 2.45) is 0 Å². The maximum Gasteiger partial charge on any atom is 0.343 e. The summed E-state index contributed by atoms with van der Waals surface area (Å²) in [6.07, 6.45) is 0. The smallest absolute Gasteiger partial charge is 0.343 e. The number of carboxylic acids is 1. The highest BCUT2D eigenvalue weighted by atomic mass is 79.9. The van der Waals surface area contributed by atoms with Gasteiger partial charge in [0.15, 0.2) is 0 Å². The van der Waals surface area contributed by atoms with Gasteiger partial charge >= 0.3 is 5.97 Å². The SMILES string of the molecule is O=C(Nc1cccc(Br)c1)c1cccc([N+](=O)[O-])c1C(=O)O. The van der Waals surface area contributed by atoms with Crippen LogP contribution in [0.15, 0.2) is 46.9 Å². The van der Waals surface area contributed by atoms with Crippen molar-refractivity contribution in [1.82, 2.24) is 0 Å². The first-order valence-electron chi connectivity index (χ1n) is 5.97. The quantitative estimate of drug-likeness (QED) is 0.638. The first kappa shape index (κ1) is 15.6. The Morgan fingerprint density at radius 1 is 1.18 bits per heavy atom. The average molecular weight is 365 g/mol.